The number of hydrogen-bond donors (Lipinski definition) is 1. The number of pyridine rings is 1. The first kappa shape index (κ1) is 14.1. The van der Waals surface area contributed by atoms with E-state index >= 15 is 0 Å². The summed E-state index contributed by atoms with van der Waals surface area (Å²) in [6.07, 6.45) is 0. The lowest BCUT2D eigenvalue weighted by molar-refractivity contribution is -0.384. The Labute approximate surface area is 120 Å². The van der Waals surface area contributed by atoms with Crippen LogP contribution in [0.4, 0.5) is 17.2 Å². The summed E-state index contributed by atoms with van der Waals surface area (Å²) < 4.78 is 5.24. The molecular weight excluding hydrogens is 282 g/mol. The topological polar surface area (TPSA) is 77.3 Å². The van der Waals surface area contributed by atoms with Crippen LogP contribution >= 0.6 is 11.6 Å². The fourth-order valence-electron chi connectivity index (χ4n) is 1.57. The molecule has 0 spiro atoms. The number of halogens is 1. The van der Waals surface area contributed by atoms with Crippen molar-refractivity contribution in [3.8, 4) is 5.88 Å². The molecule has 2 rings (SSSR count). The van der Waals surface area contributed by atoms with E-state index in [9.17, 15) is 10.1 Å². The fourth-order valence-corrected chi connectivity index (χ4v) is 1.70. The van der Waals surface area contributed by atoms with E-state index in [-0.39, 0.29) is 11.5 Å². The Morgan fingerprint density at radius 3 is 2.60 bits per heavy atom. The molecule has 0 atom stereocenters. The quantitative estimate of drug-likeness (QED) is 0.670. The molecule has 1 aromatic heterocycles. The van der Waals surface area contributed by atoms with Gasteiger partial charge in [0.1, 0.15) is 0 Å². The van der Waals surface area contributed by atoms with Gasteiger partial charge in [0, 0.05) is 22.8 Å². The molecule has 1 aromatic carbocycles. The largest absolute Gasteiger partial charge is 0.478 e. The number of nitrogens with one attached hydrogen (secondary N) is 1. The maximum Gasteiger partial charge on any atom is 0.311 e. The molecule has 0 unspecified atom stereocenters. The number of anilines is 2. The molecule has 0 saturated carbocycles. The Morgan fingerprint density at radius 2 is 2.00 bits per heavy atom. The highest BCUT2D eigenvalue weighted by molar-refractivity contribution is 6.30. The average Bonchev–Trinajstić information content (AvgIpc) is 2.42. The highest BCUT2D eigenvalue weighted by atomic mass is 35.5. The van der Waals surface area contributed by atoms with E-state index in [0.29, 0.717) is 23.2 Å². The van der Waals surface area contributed by atoms with E-state index in [4.69, 9.17) is 16.3 Å². The molecule has 2 aromatic rings. The predicted molar refractivity (Wildman–Crippen MR) is 76.8 cm³/mol. The molecule has 104 valence electrons. The van der Waals surface area contributed by atoms with Crippen LogP contribution < -0.4 is 10.1 Å². The summed E-state index contributed by atoms with van der Waals surface area (Å²) >= 11 is 5.79. The van der Waals surface area contributed by atoms with Crippen molar-refractivity contribution in [1.29, 1.82) is 0 Å². The van der Waals surface area contributed by atoms with Crippen LogP contribution in [0.25, 0.3) is 0 Å². The van der Waals surface area contributed by atoms with Gasteiger partial charge < -0.3 is 10.1 Å². The van der Waals surface area contributed by atoms with Crippen LogP contribution in [0.15, 0.2) is 36.4 Å². The van der Waals surface area contributed by atoms with E-state index in [1.807, 2.05) is 6.92 Å². The van der Waals surface area contributed by atoms with Gasteiger partial charge in [-0.2, -0.15) is 4.98 Å². The second-order valence-corrected chi connectivity index (χ2v) is 4.28. The van der Waals surface area contributed by atoms with Gasteiger partial charge in [-0.05, 0) is 31.2 Å². The van der Waals surface area contributed by atoms with Gasteiger partial charge in [0.15, 0.2) is 0 Å². The van der Waals surface area contributed by atoms with E-state index < -0.39 is 4.92 Å². The number of rotatable bonds is 5. The van der Waals surface area contributed by atoms with E-state index in [0.717, 1.165) is 0 Å². The van der Waals surface area contributed by atoms with E-state index in [2.05, 4.69) is 10.3 Å². The number of aromatic nitrogens is 1. The van der Waals surface area contributed by atoms with Crippen molar-refractivity contribution in [2.24, 2.45) is 0 Å². The van der Waals surface area contributed by atoms with Gasteiger partial charge in [0.25, 0.3) is 0 Å². The summed E-state index contributed by atoms with van der Waals surface area (Å²) in [7, 11) is 0. The average molecular weight is 294 g/mol. The van der Waals surface area contributed by atoms with Crippen LogP contribution in [0.2, 0.25) is 5.02 Å². The van der Waals surface area contributed by atoms with Crippen molar-refractivity contribution >= 4 is 28.8 Å². The SMILES string of the molecule is CCOc1ccc([N+](=O)[O-])c(Nc2ccc(Cl)cc2)n1. The van der Waals surface area contributed by atoms with Crippen molar-refractivity contribution in [3.63, 3.8) is 0 Å². The second kappa shape index (κ2) is 6.21. The molecule has 1 heterocycles. The molecule has 6 nitrogen and oxygen atoms in total. The zero-order valence-corrected chi connectivity index (χ0v) is 11.4. The van der Waals surface area contributed by atoms with Crippen molar-refractivity contribution in [2.45, 2.75) is 6.92 Å². The Morgan fingerprint density at radius 1 is 1.30 bits per heavy atom. The van der Waals surface area contributed by atoms with Crippen LogP contribution in [0.5, 0.6) is 5.88 Å². The molecule has 0 amide bonds. The van der Waals surface area contributed by atoms with Crippen LogP contribution in [0, 0.1) is 10.1 Å². The Kier molecular flexibility index (Phi) is 4.37. The lowest BCUT2D eigenvalue weighted by Gasteiger charge is -2.08. The van der Waals surface area contributed by atoms with Crippen LogP contribution in [0.1, 0.15) is 6.92 Å². The maximum absolute atomic E-state index is 11.0. The van der Waals surface area contributed by atoms with Gasteiger partial charge in [0.05, 0.1) is 11.5 Å². The summed E-state index contributed by atoms with van der Waals surface area (Å²) in [4.78, 5) is 14.6. The van der Waals surface area contributed by atoms with Crippen molar-refractivity contribution < 1.29 is 9.66 Å². The summed E-state index contributed by atoms with van der Waals surface area (Å²) in [6, 6.07) is 9.61. The summed E-state index contributed by atoms with van der Waals surface area (Å²) in [5.74, 6) is 0.456. The second-order valence-electron chi connectivity index (χ2n) is 3.84. The fraction of sp³-hybridized carbons (Fsp3) is 0.154. The monoisotopic (exact) mass is 293 g/mol. The first-order valence-corrected chi connectivity index (χ1v) is 6.28. The normalized spacial score (nSPS) is 10.1. The van der Waals surface area contributed by atoms with Crippen LogP contribution in [-0.2, 0) is 0 Å². The van der Waals surface area contributed by atoms with Gasteiger partial charge in [-0.15, -0.1) is 0 Å². The molecule has 0 bridgehead atoms. The standard InChI is InChI=1S/C13H12ClN3O3/c1-2-20-12-8-7-11(17(18)19)13(16-12)15-10-5-3-9(14)4-6-10/h3-8H,2H2,1H3,(H,15,16). The minimum atomic E-state index is -0.499. The number of hydrogen-bond acceptors (Lipinski definition) is 5. The first-order chi connectivity index (χ1) is 9.60. The van der Waals surface area contributed by atoms with Gasteiger partial charge >= 0.3 is 5.69 Å². The summed E-state index contributed by atoms with van der Waals surface area (Å²) in [6.45, 7) is 2.25. The maximum atomic E-state index is 11.0. The van der Waals surface area contributed by atoms with Gasteiger partial charge in [-0.25, -0.2) is 0 Å². The molecule has 7 heteroatoms. The third-order valence-electron chi connectivity index (χ3n) is 2.44. The third-order valence-corrected chi connectivity index (χ3v) is 2.70. The van der Waals surface area contributed by atoms with Crippen molar-refractivity contribution in [1.82, 2.24) is 4.98 Å². The molecule has 1 N–H and O–H groups in total. The zero-order chi connectivity index (χ0) is 14.5. The smallest absolute Gasteiger partial charge is 0.311 e. The van der Waals surface area contributed by atoms with Gasteiger partial charge in [-0.3, -0.25) is 10.1 Å². The molecule has 0 aliphatic rings. The lowest BCUT2D eigenvalue weighted by atomic mass is 10.3. The van der Waals surface area contributed by atoms with E-state index in [1.165, 1.54) is 12.1 Å². The molecule has 0 aliphatic heterocycles. The highest BCUT2D eigenvalue weighted by Gasteiger charge is 2.16. The minimum Gasteiger partial charge on any atom is -0.478 e. The van der Waals surface area contributed by atoms with Crippen molar-refractivity contribution in [3.05, 3.63) is 51.5 Å². The van der Waals surface area contributed by atoms with Crippen molar-refractivity contribution in [2.75, 3.05) is 11.9 Å². The highest BCUT2D eigenvalue weighted by Crippen LogP contribution is 2.28. The van der Waals surface area contributed by atoms with E-state index in [1.54, 1.807) is 24.3 Å². The molecule has 0 saturated heterocycles. The summed E-state index contributed by atoms with van der Waals surface area (Å²) in [5, 5.41) is 14.5. The number of ether oxygens (including phenoxy) is 1. The lowest BCUT2D eigenvalue weighted by Crippen LogP contribution is -2.02. The molecule has 0 aliphatic carbocycles. The number of nitrogens with zero attached hydrogens (tertiary/aromatic N) is 2. The van der Waals surface area contributed by atoms with Crippen LogP contribution in [0.3, 0.4) is 0 Å². The Hall–Kier alpha value is -2.34. The number of nitro groups is 1. The molecule has 0 fully saturated rings. The van der Waals surface area contributed by atoms with Gasteiger partial charge in [-0.1, -0.05) is 11.6 Å². The summed E-state index contributed by atoms with van der Waals surface area (Å²) in [5.41, 5.74) is 0.530. The third kappa shape index (κ3) is 3.36. The molecule has 20 heavy (non-hydrogen) atoms. The Balaban J connectivity index is 2.34. The molecular formula is C13H12ClN3O3. The Bertz CT molecular complexity index is 617. The number of benzene rings is 1. The molecule has 0 radical (unpaired) electrons. The first-order valence-electron chi connectivity index (χ1n) is 5.91. The van der Waals surface area contributed by atoms with Gasteiger partial charge in [0.2, 0.25) is 11.7 Å². The zero-order valence-electron chi connectivity index (χ0n) is 10.7. The minimum absolute atomic E-state index is 0.122. The predicted octanol–water partition coefficient (Wildman–Crippen LogP) is 3.79. The van der Waals surface area contributed by atoms with Crippen LogP contribution in [-0.4, -0.2) is 16.5 Å².